The summed E-state index contributed by atoms with van der Waals surface area (Å²) in [6.45, 7) is 11.5. The Morgan fingerprint density at radius 1 is 0.192 bits per heavy atom. The fourth-order valence-corrected chi connectivity index (χ4v) is 12.0. The molecule has 0 aliphatic rings. The van der Waals surface area contributed by atoms with Gasteiger partial charge in [-0.3, -0.25) is 0 Å². The Morgan fingerprint density at radius 3 is 0.538 bits per heavy atom. The lowest BCUT2D eigenvalue weighted by atomic mass is 10.0. The summed E-state index contributed by atoms with van der Waals surface area (Å²) >= 11 is 0. The maximum absolute atomic E-state index is 6.68. The number of unbranched alkanes of at least 4 members (excludes halogenated alkanes) is 57. The highest BCUT2D eigenvalue weighted by Crippen LogP contribution is 2.40. The molecule has 0 atom stereocenters. The minimum Gasteiger partial charge on any atom is -0.490 e. The molecule has 0 saturated carbocycles. The molecule has 1 aromatic carbocycles. The average molecular weight is 1090 g/mol. The van der Waals surface area contributed by atoms with Crippen LogP contribution in [-0.4, -0.2) is 19.8 Å². The summed E-state index contributed by atoms with van der Waals surface area (Å²) in [5.41, 5.74) is 1.32. The van der Waals surface area contributed by atoms with E-state index in [0.29, 0.717) is 0 Å². The predicted octanol–water partition coefficient (Wildman–Crippen LogP) is 27.2. The van der Waals surface area contributed by atoms with Gasteiger partial charge in [-0.2, -0.15) is 0 Å². The SMILES string of the molecule is CCCCCCCCCCCCCCCCCCCCCCOc1cc(CCC)cc(OCCCCCCCCCCCCCCCCCCCCCC)c1OCCCCCCCCCCCCCCCCCCCCCC. The third kappa shape index (κ3) is 53.9. The minimum absolute atomic E-state index is 0.747. The molecule has 0 unspecified atom stereocenters. The van der Waals surface area contributed by atoms with Crippen molar-refractivity contribution < 1.29 is 14.2 Å². The van der Waals surface area contributed by atoms with Crippen LogP contribution in [0.15, 0.2) is 12.1 Å². The first kappa shape index (κ1) is 74.6. The van der Waals surface area contributed by atoms with Crippen molar-refractivity contribution in [2.45, 2.75) is 426 Å². The lowest BCUT2D eigenvalue weighted by Gasteiger charge is -2.19. The summed E-state index contributed by atoms with van der Waals surface area (Å²) in [4.78, 5) is 0. The van der Waals surface area contributed by atoms with Crippen LogP contribution in [0.4, 0.5) is 0 Å². The number of hydrogen-bond donors (Lipinski definition) is 0. The third-order valence-corrected chi connectivity index (χ3v) is 17.4. The van der Waals surface area contributed by atoms with Crippen LogP contribution < -0.4 is 14.2 Å². The van der Waals surface area contributed by atoms with Crippen LogP contribution in [0.5, 0.6) is 17.2 Å². The van der Waals surface area contributed by atoms with Crippen LogP contribution in [0, 0.1) is 0 Å². The van der Waals surface area contributed by atoms with Crippen molar-refractivity contribution in [2.24, 2.45) is 0 Å². The zero-order chi connectivity index (χ0) is 55.8. The summed E-state index contributed by atoms with van der Waals surface area (Å²) in [6, 6.07) is 4.55. The monoisotopic (exact) mass is 1090 g/mol. The largest absolute Gasteiger partial charge is 0.490 e. The molecule has 0 N–H and O–H groups in total. The molecular formula is C75H144O3. The molecule has 0 aliphatic heterocycles. The van der Waals surface area contributed by atoms with Gasteiger partial charge >= 0.3 is 0 Å². The standard InChI is InChI=1S/C75H144O3/c1-5-9-12-15-18-21-24-27-30-33-36-39-42-45-48-51-54-57-60-63-67-76-73-70-72(66-8-4)71-74(77-68-64-61-58-55-52-49-46-43-40-37-34-31-28-25-22-19-16-13-10-6-2)75(73)78-69-65-62-59-56-53-50-47-44-41-38-35-32-29-26-23-20-17-14-11-7-3/h70-71H,5-69H2,1-4H3. The smallest absolute Gasteiger partial charge is 0.203 e. The van der Waals surface area contributed by atoms with Crippen LogP contribution >= 0.6 is 0 Å². The fourth-order valence-electron chi connectivity index (χ4n) is 12.0. The zero-order valence-corrected chi connectivity index (χ0v) is 54.3. The Kier molecular flexibility index (Phi) is 62.0. The second-order valence-corrected chi connectivity index (χ2v) is 25.4. The molecular weight excluding hydrogens is 949 g/mol. The second kappa shape index (κ2) is 64.8. The van der Waals surface area contributed by atoms with E-state index in [1.54, 1.807) is 0 Å². The number of benzene rings is 1. The van der Waals surface area contributed by atoms with Gasteiger partial charge in [-0.25, -0.2) is 0 Å². The normalized spacial score (nSPS) is 11.6. The van der Waals surface area contributed by atoms with Gasteiger partial charge in [0.1, 0.15) is 0 Å². The van der Waals surface area contributed by atoms with Gasteiger partial charge in [0.05, 0.1) is 19.8 Å². The lowest BCUT2D eigenvalue weighted by molar-refractivity contribution is 0.234. The second-order valence-electron chi connectivity index (χ2n) is 25.4. The first-order valence-corrected chi connectivity index (χ1v) is 36.8. The van der Waals surface area contributed by atoms with E-state index in [0.717, 1.165) is 69.2 Å². The molecule has 1 aromatic rings. The highest BCUT2D eigenvalue weighted by atomic mass is 16.5. The number of aryl methyl sites for hydroxylation is 1. The zero-order valence-electron chi connectivity index (χ0n) is 54.3. The molecule has 0 aromatic heterocycles. The molecule has 3 nitrogen and oxygen atoms in total. The Labute approximate surface area is 492 Å². The van der Waals surface area contributed by atoms with Gasteiger partial charge in [0.25, 0.3) is 0 Å². The van der Waals surface area contributed by atoms with Crippen LogP contribution in [0.1, 0.15) is 425 Å². The van der Waals surface area contributed by atoms with E-state index in [-0.39, 0.29) is 0 Å². The van der Waals surface area contributed by atoms with E-state index >= 15 is 0 Å². The summed E-state index contributed by atoms with van der Waals surface area (Å²) in [6.07, 6.45) is 86.6. The molecule has 1 rings (SSSR count). The summed E-state index contributed by atoms with van der Waals surface area (Å²) < 4.78 is 20.0. The van der Waals surface area contributed by atoms with Crippen LogP contribution in [-0.2, 0) is 6.42 Å². The molecule has 0 heterocycles. The molecule has 0 fully saturated rings. The Hall–Kier alpha value is -1.38. The highest BCUT2D eigenvalue weighted by Gasteiger charge is 2.16. The average Bonchev–Trinajstić information content (AvgIpc) is 3.48. The van der Waals surface area contributed by atoms with E-state index in [2.05, 4.69) is 39.8 Å². The molecule has 0 saturated heterocycles. The Morgan fingerprint density at radius 2 is 0.359 bits per heavy atom. The van der Waals surface area contributed by atoms with Crippen LogP contribution in [0.25, 0.3) is 0 Å². The maximum atomic E-state index is 6.68. The van der Waals surface area contributed by atoms with Gasteiger partial charge in [-0.15, -0.1) is 0 Å². The fraction of sp³-hybridized carbons (Fsp3) is 0.920. The number of ether oxygens (including phenoxy) is 3. The first-order valence-electron chi connectivity index (χ1n) is 36.8. The van der Waals surface area contributed by atoms with Crippen molar-refractivity contribution >= 4 is 0 Å². The van der Waals surface area contributed by atoms with Crippen molar-refractivity contribution in [2.75, 3.05) is 19.8 Å². The molecule has 0 bridgehead atoms. The van der Waals surface area contributed by atoms with E-state index in [1.165, 1.54) is 372 Å². The molecule has 0 amide bonds. The van der Waals surface area contributed by atoms with Gasteiger partial charge in [0, 0.05) is 0 Å². The summed E-state index contributed by atoms with van der Waals surface area (Å²) in [5, 5.41) is 0. The van der Waals surface area contributed by atoms with Gasteiger partial charge in [-0.05, 0) is 43.4 Å². The number of rotatable bonds is 68. The quantitative estimate of drug-likeness (QED) is 0.0609. The Balaban J connectivity index is 2.39. The van der Waals surface area contributed by atoms with E-state index in [1.807, 2.05) is 0 Å². The topological polar surface area (TPSA) is 27.7 Å². The lowest BCUT2D eigenvalue weighted by Crippen LogP contribution is -2.07. The van der Waals surface area contributed by atoms with Gasteiger partial charge in [0.2, 0.25) is 5.75 Å². The van der Waals surface area contributed by atoms with Crippen LogP contribution in [0.2, 0.25) is 0 Å². The maximum Gasteiger partial charge on any atom is 0.203 e. The van der Waals surface area contributed by atoms with Gasteiger partial charge < -0.3 is 14.2 Å². The van der Waals surface area contributed by atoms with E-state index in [9.17, 15) is 0 Å². The van der Waals surface area contributed by atoms with Crippen LogP contribution in [0.3, 0.4) is 0 Å². The number of hydrogen-bond acceptors (Lipinski definition) is 3. The van der Waals surface area contributed by atoms with Gasteiger partial charge in [-0.1, -0.05) is 400 Å². The summed E-state index contributed by atoms with van der Waals surface area (Å²) in [5.74, 6) is 2.71. The molecule has 0 radical (unpaired) electrons. The van der Waals surface area contributed by atoms with Crippen molar-refractivity contribution in [1.82, 2.24) is 0 Å². The predicted molar refractivity (Wildman–Crippen MR) is 351 cm³/mol. The Bertz CT molecular complexity index is 1190. The molecule has 462 valence electrons. The van der Waals surface area contributed by atoms with Crippen molar-refractivity contribution in [3.8, 4) is 17.2 Å². The summed E-state index contributed by atoms with van der Waals surface area (Å²) in [7, 11) is 0. The molecule has 0 aliphatic carbocycles. The highest BCUT2D eigenvalue weighted by molar-refractivity contribution is 5.54. The van der Waals surface area contributed by atoms with Crippen molar-refractivity contribution in [3.63, 3.8) is 0 Å². The molecule has 3 heteroatoms. The van der Waals surface area contributed by atoms with E-state index < -0.39 is 0 Å². The van der Waals surface area contributed by atoms with Crippen molar-refractivity contribution in [1.29, 1.82) is 0 Å². The van der Waals surface area contributed by atoms with Crippen molar-refractivity contribution in [3.05, 3.63) is 17.7 Å². The van der Waals surface area contributed by atoms with E-state index in [4.69, 9.17) is 14.2 Å². The first-order chi connectivity index (χ1) is 38.8. The minimum atomic E-state index is 0.747. The molecule has 0 spiro atoms. The third-order valence-electron chi connectivity index (χ3n) is 17.4. The van der Waals surface area contributed by atoms with Gasteiger partial charge in [0.15, 0.2) is 11.5 Å². The molecule has 78 heavy (non-hydrogen) atoms.